The fourth-order valence-electron chi connectivity index (χ4n) is 5.14. The topological polar surface area (TPSA) is 139 Å². The van der Waals surface area contributed by atoms with Gasteiger partial charge in [0.15, 0.2) is 29.3 Å². The molecule has 0 spiro atoms. The Morgan fingerprint density at radius 1 is 1.08 bits per heavy atom. The van der Waals surface area contributed by atoms with Crippen LogP contribution in [0, 0.1) is 11.1 Å². The molecule has 2 unspecified atom stereocenters. The van der Waals surface area contributed by atoms with E-state index in [2.05, 4.69) is 4.74 Å². The van der Waals surface area contributed by atoms with Gasteiger partial charge in [0, 0.05) is 38.4 Å². The van der Waals surface area contributed by atoms with Crippen LogP contribution < -0.4 is 18.9 Å². The van der Waals surface area contributed by atoms with Crippen LogP contribution in [0.2, 0.25) is 10.0 Å². The van der Waals surface area contributed by atoms with Crippen molar-refractivity contribution in [3.63, 3.8) is 0 Å². The first kappa shape index (κ1) is 37.7. The average molecular weight is 777 g/mol. The zero-order chi connectivity index (χ0) is 36.3. The zero-order valence-electron chi connectivity index (χ0n) is 27.0. The number of sulfonamides is 1. The number of aromatic nitrogens is 1. The highest BCUT2D eigenvalue weighted by Gasteiger charge is 2.43. The number of hydrogen-bond acceptors (Lipinski definition) is 10. The van der Waals surface area contributed by atoms with E-state index in [9.17, 15) is 32.0 Å². The maximum absolute atomic E-state index is 13.9. The summed E-state index contributed by atoms with van der Waals surface area (Å²) < 4.78 is 77.5. The highest BCUT2D eigenvalue weighted by molar-refractivity contribution is 8.02. The third-order valence-corrected chi connectivity index (χ3v) is 11.7. The van der Waals surface area contributed by atoms with E-state index in [1.165, 1.54) is 62.5 Å². The van der Waals surface area contributed by atoms with Gasteiger partial charge in [-0.2, -0.15) is 17.8 Å². The van der Waals surface area contributed by atoms with Gasteiger partial charge >= 0.3 is 12.6 Å². The number of ether oxygens (including phenoxy) is 4. The van der Waals surface area contributed by atoms with Crippen molar-refractivity contribution < 1.29 is 50.5 Å². The highest BCUT2D eigenvalue weighted by Crippen LogP contribution is 2.39. The van der Waals surface area contributed by atoms with E-state index >= 15 is 0 Å². The number of alkyl halides is 2. The number of halogens is 4. The van der Waals surface area contributed by atoms with Crippen molar-refractivity contribution in [2.45, 2.75) is 42.2 Å². The monoisotopic (exact) mass is 775 g/mol. The standard InChI is InChI=1S/C32H33Cl2F2N3O9S2/c1-37(2)29(40)22-13-20(7-9-25(22)45-3)50(43,44)39-10-11-49-30(39)31(41)47-27(14-21-23(33)15-38(42)16-24(21)34)19-6-8-26(48-32(35)36)28(12-19)46-17-18-4-5-18/h6-9,12-13,15-16,18,27,30,32H,4-5,10-11,14,17H2,1-3H3. The van der Waals surface area contributed by atoms with Gasteiger partial charge in [-0.05, 0) is 54.7 Å². The summed E-state index contributed by atoms with van der Waals surface area (Å²) in [7, 11) is 0.0245. The molecule has 2 heterocycles. The second-order valence-corrected chi connectivity index (χ2v) is 15.6. The van der Waals surface area contributed by atoms with E-state index in [1.807, 2.05) is 0 Å². The number of rotatable bonds is 14. The minimum atomic E-state index is -4.35. The van der Waals surface area contributed by atoms with Crippen LogP contribution in [0.25, 0.3) is 0 Å². The summed E-state index contributed by atoms with van der Waals surface area (Å²) in [5, 5.41) is 10.5. The molecule has 1 aliphatic heterocycles. The summed E-state index contributed by atoms with van der Waals surface area (Å²) in [6, 6.07) is 7.88. The lowest BCUT2D eigenvalue weighted by atomic mass is 10.0. The molecule has 2 aromatic carbocycles. The van der Waals surface area contributed by atoms with Gasteiger partial charge in [0.2, 0.25) is 10.0 Å². The van der Waals surface area contributed by atoms with Crippen LogP contribution in [0.5, 0.6) is 17.2 Å². The second-order valence-electron chi connectivity index (χ2n) is 11.7. The van der Waals surface area contributed by atoms with Gasteiger partial charge in [0.05, 0.1) is 24.2 Å². The SMILES string of the molecule is COc1ccc(S(=O)(=O)N2CCSC2C(=O)OC(Cc2c(Cl)c[n+]([O-])cc2Cl)c2ccc(OC(F)F)c(OCC3CC3)c2)cc1C(=O)N(C)C. The largest absolute Gasteiger partial charge is 0.619 e. The summed E-state index contributed by atoms with van der Waals surface area (Å²) in [5.74, 6) is -0.976. The third-order valence-electron chi connectivity index (χ3n) is 7.90. The number of esters is 1. The summed E-state index contributed by atoms with van der Waals surface area (Å²) in [5.41, 5.74) is 0.530. The number of nitrogens with zero attached hydrogens (tertiary/aromatic N) is 3. The summed E-state index contributed by atoms with van der Waals surface area (Å²) in [6.45, 7) is -2.92. The first-order chi connectivity index (χ1) is 23.7. The van der Waals surface area contributed by atoms with Crippen molar-refractivity contribution in [2.75, 3.05) is 40.1 Å². The smallest absolute Gasteiger partial charge is 0.387 e. The van der Waals surface area contributed by atoms with Gasteiger partial charge in [-0.25, -0.2) is 13.2 Å². The number of thioether (sulfide) groups is 1. The van der Waals surface area contributed by atoms with Gasteiger partial charge in [-0.3, -0.25) is 4.79 Å². The molecule has 2 aliphatic rings. The normalized spacial score (nSPS) is 17.0. The molecule has 2 fully saturated rings. The fraction of sp³-hybridized carbons (Fsp3) is 0.406. The molecule has 12 nitrogen and oxygen atoms in total. The first-order valence-electron chi connectivity index (χ1n) is 15.2. The Morgan fingerprint density at radius 3 is 2.38 bits per heavy atom. The van der Waals surface area contributed by atoms with Gasteiger partial charge in [-0.1, -0.05) is 29.3 Å². The summed E-state index contributed by atoms with van der Waals surface area (Å²) >= 11 is 13.8. The van der Waals surface area contributed by atoms with E-state index in [1.54, 1.807) is 0 Å². The Morgan fingerprint density at radius 2 is 1.76 bits per heavy atom. The average Bonchev–Trinajstić information content (AvgIpc) is 3.75. The van der Waals surface area contributed by atoms with E-state index in [4.69, 9.17) is 37.4 Å². The minimum absolute atomic E-state index is 0.0135. The van der Waals surface area contributed by atoms with Crippen molar-refractivity contribution in [1.82, 2.24) is 9.21 Å². The lowest BCUT2D eigenvalue weighted by Crippen LogP contribution is -2.40. The zero-order valence-corrected chi connectivity index (χ0v) is 30.2. The first-order valence-corrected chi connectivity index (χ1v) is 18.5. The highest BCUT2D eigenvalue weighted by atomic mass is 35.5. The lowest BCUT2D eigenvalue weighted by molar-refractivity contribution is -0.605. The molecule has 1 aliphatic carbocycles. The van der Waals surface area contributed by atoms with Crippen molar-refractivity contribution >= 4 is 56.9 Å². The van der Waals surface area contributed by atoms with Crippen LogP contribution in [0.1, 0.15) is 40.4 Å². The number of carbonyl (C=O) groups excluding carboxylic acids is 2. The van der Waals surface area contributed by atoms with Crippen molar-refractivity contribution in [1.29, 1.82) is 0 Å². The Balaban J connectivity index is 1.48. The number of pyridine rings is 1. The predicted octanol–water partition coefficient (Wildman–Crippen LogP) is 5.32. The number of methoxy groups -OCH3 is 1. The molecule has 1 saturated carbocycles. The van der Waals surface area contributed by atoms with E-state index in [0.717, 1.165) is 41.3 Å². The number of hydrogen-bond donors (Lipinski definition) is 0. The Kier molecular flexibility index (Phi) is 11.9. The van der Waals surface area contributed by atoms with Crippen molar-refractivity contribution in [3.8, 4) is 17.2 Å². The molecule has 1 aromatic heterocycles. The summed E-state index contributed by atoms with van der Waals surface area (Å²) in [6.07, 6.45) is 2.60. The maximum Gasteiger partial charge on any atom is 0.387 e. The van der Waals surface area contributed by atoms with Crippen molar-refractivity contribution in [3.05, 3.63) is 80.7 Å². The van der Waals surface area contributed by atoms with Crippen LogP contribution in [0.3, 0.4) is 0 Å². The van der Waals surface area contributed by atoms with E-state index in [0.29, 0.717) is 4.73 Å². The number of amides is 1. The molecule has 0 bridgehead atoms. The quantitative estimate of drug-likeness (QED) is 0.120. The van der Waals surface area contributed by atoms with Crippen molar-refractivity contribution in [2.24, 2.45) is 5.92 Å². The van der Waals surface area contributed by atoms with Crippen LogP contribution in [0.4, 0.5) is 8.78 Å². The Labute approximate surface area is 301 Å². The number of benzene rings is 2. The lowest BCUT2D eigenvalue weighted by Gasteiger charge is -2.26. The molecule has 1 amide bonds. The molecule has 270 valence electrons. The van der Waals surface area contributed by atoms with Gasteiger partial charge < -0.3 is 29.1 Å². The minimum Gasteiger partial charge on any atom is -0.619 e. The van der Waals surface area contributed by atoms with Crippen LogP contribution in [-0.4, -0.2) is 81.6 Å². The maximum atomic E-state index is 13.9. The van der Waals surface area contributed by atoms with Gasteiger partial charge in [0.25, 0.3) is 5.91 Å². The Bertz CT molecular complexity index is 1840. The molecule has 1 saturated heterocycles. The molecule has 18 heteroatoms. The van der Waals surface area contributed by atoms with Crippen LogP contribution >= 0.6 is 35.0 Å². The molecule has 3 aromatic rings. The molecule has 50 heavy (non-hydrogen) atoms. The molecular weight excluding hydrogens is 743 g/mol. The van der Waals surface area contributed by atoms with Gasteiger partial charge in [-0.15, -0.1) is 11.8 Å². The Hall–Kier alpha value is -3.57. The molecule has 2 atom stereocenters. The fourth-order valence-corrected chi connectivity index (χ4v) is 8.81. The molecule has 0 N–H and O–H groups in total. The summed E-state index contributed by atoms with van der Waals surface area (Å²) in [4.78, 5) is 27.8. The second kappa shape index (κ2) is 15.8. The number of carbonyl (C=O) groups is 2. The van der Waals surface area contributed by atoms with Crippen LogP contribution in [0.15, 0.2) is 53.7 Å². The molecular formula is C32H33Cl2F2N3O9S2. The van der Waals surface area contributed by atoms with E-state index in [-0.39, 0.29) is 80.1 Å². The third kappa shape index (κ3) is 8.65. The van der Waals surface area contributed by atoms with Gasteiger partial charge in [0.1, 0.15) is 21.9 Å². The molecule has 0 radical (unpaired) electrons. The van der Waals surface area contributed by atoms with Crippen LogP contribution in [-0.2, 0) is 26.0 Å². The molecule has 5 rings (SSSR count). The van der Waals surface area contributed by atoms with E-state index < -0.39 is 40.0 Å². The predicted molar refractivity (Wildman–Crippen MR) is 180 cm³/mol.